The molecular formula is C13H17NO. The van der Waals surface area contributed by atoms with Crippen LogP contribution in [-0.2, 0) is 0 Å². The predicted molar refractivity (Wildman–Crippen MR) is 62.6 cm³/mol. The van der Waals surface area contributed by atoms with Crippen LogP contribution in [0.4, 0.5) is 0 Å². The Morgan fingerprint density at radius 1 is 1.20 bits per heavy atom. The first-order chi connectivity index (χ1) is 7.34. The van der Waals surface area contributed by atoms with E-state index in [1.54, 1.807) is 12.1 Å². The lowest BCUT2D eigenvalue weighted by molar-refractivity contribution is 0.444. The van der Waals surface area contributed by atoms with E-state index in [0.717, 1.165) is 5.56 Å². The van der Waals surface area contributed by atoms with Gasteiger partial charge in [-0.2, -0.15) is 0 Å². The maximum absolute atomic E-state index is 9.29. The van der Waals surface area contributed by atoms with Crippen LogP contribution in [0.2, 0.25) is 0 Å². The Labute approximate surface area is 90.7 Å². The second-order valence-corrected chi connectivity index (χ2v) is 4.16. The number of hydrogen-bond donors (Lipinski definition) is 1. The number of phenolic OH excluding ortho intramolecular Hbond substituents is 1. The summed E-state index contributed by atoms with van der Waals surface area (Å²) in [5.74, 6) is 0.308. The number of benzene rings is 1. The average Bonchev–Trinajstić information content (AvgIpc) is 2.28. The SMILES string of the molecule is Oc1cccc(C=NC2CCCCC2)c1. The van der Waals surface area contributed by atoms with E-state index in [1.165, 1.54) is 32.1 Å². The molecule has 80 valence electrons. The molecule has 1 aliphatic carbocycles. The van der Waals surface area contributed by atoms with Gasteiger partial charge in [-0.15, -0.1) is 0 Å². The van der Waals surface area contributed by atoms with Crippen molar-refractivity contribution in [2.75, 3.05) is 0 Å². The zero-order chi connectivity index (χ0) is 10.5. The summed E-state index contributed by atoms with van der Waals surface area (Å²) in [4.78, 5) is 4.56. The molecule has 1 aliphatic rings. The Balaban J connectivity index is 1.97. The van der Waals surface area contributed by atoms with Crippen molar-refractivity contribution < 1.29 is 5.11 Å². The molecule has 0 atom stereocenters. The number of aromatic hydroxyl groups is 1. The van der Waals surface area contributed by atoms with Gasteiger partial charge in [-0.3, -0.25) is 4.99 Å². The summed E-state index contributed by atoms with van der Waals surface area (Å²) in [6.07, 6.45) is 8.29. The molecule has 0 radical (unpaired) electrons. The molecule has 2 rings (SSSR count). The zero-order valence-corrected chi connectivity index (χ0v) is 8.89. The number of rotatable bonds is 2. The Kier molecular flexibility index (Phi) is 3.38. The molecular weight excluding hydrogens is 186 g/mol. The van der Waals surface area contributed by atoms with Crippen LogP contribution in [0.5, 0.6) is 5.75 Å². The van der Waals surface area contributed by atoms with Gasteiger partial charge in [0, 0.05) is 12.3 Å². The fourth-order valence-electron chi connectivity index (χ4n) is 2.03. The van der Waals surface area contributed by atoms with Crippen LogP contribution in [0.3, 0.4) is 0 Å². The maximum Gasteiger partial charge on any atom is 0.116 e. The van der Waals surface area contributed by atoms with Gasteiger partial charge < -0.3 is 5.11 Å². The van der Waals surface area contributed by atoms with Gasteiger partial charge in [0.1, 0.15) is 5.75 Å². The quantitative estimate of drug-likeness (QED) is 0.736. The largest absolute Gasteiger partial charge is 0.508 e. The number of nitrogens with zero attached hydrogens (tertiary/aromatic N) is 1. The summed E-state index contributed by atoms with van der Waals surface area (Å²) in [7, 11) is 0. The summed E-state index contributed by atoms with van der Waals surface area (Å²) in [5, 5.41) is 9.29. The van der Waals surface area contributed by atoms with E-state index in [9.17, 15) is 5.11 Å². The van der Waals surface area contributed by atoms with E-state index >= 15 is 0 Å². The predicted octanol–water partition coefficient (Wildman–Crippen LogP) is 3.14. The standard InChI is InChI=1S/C13H17NO/c15-13-8-4-5-11(9-13)10-14-12-6-2-1-3-7-12/h4-5,8-10,12,15H,1-3,6-7H2. The second kappa shape index (κ2) is 4.96. The number of phenols is 1. The summed E-state index contributed by atoms with van der Waals surface area (Å²) in [5.41, 5.74) is 0.987. The molecule has 0 bridgehead atoms. The highest BCUT2D eigenvalue weighted by Gasteiger charge is 2.10. The molecule has 1 fully saturated rings. The monoisotopic (exact) mass is 203 g/mol. The fourth-order valence-corrected chi connectivity index (χ4v) is 2.03. The number of hydrogen-bond acceptors (Lipinski definition) is 2. The minimum Gasteiger partial charge on any atom is -0.508 e. The van der Waals surface area contributed by atoms with E-state index in [-0.39, 0.29) is 0 Å². The Morgan fingerprint density at radius 3 is 2.73 bits per heavy atom. The van der Waals surface area contributed by atoms with Crippen molar-refractivity contribution >= 4 is 6.21 Å². The lowest BCUT2D eigenvalue weighted by Crippen LogP contribution is -2.09. The molecule has 0 unspecified atom stereocenters. The minimum absolute atomic E-state index is 0.308. The van der Waals surface area contributed by atoms with Crippen LogP contribution in [0.25, 0.3) is 0 Å². The van der Waals surface area contributed by atoms with Crippen LogP contribution in [0, 0.1) is 0 Å². The van der Waals surface area contributed by atoms with E-state index in [1.807, 2.05) is 18.3 Å². The molecule has 0 saturated heterocycles. The molecule has 0 heterocycles. The third-order valence-corrected chi connectivity index (χ3v) is 2.88. The highest BCUT2D eigenvalue weighted by Crippen LogP contribution is 2.20. The van der Waals surface area contributed by atoms with Gasteiger partial charge in [-0.25, -0.2) is 0 Å². The summed E-state index contributed by atoms with van der Waals surface area (Å²) < 4.78 is 0. The molecule has 0 amide bonds. The zero-order valence-electron chi connectivity index (χ0n) is 8.89. The van der Waals surface area contributed by atoms with Gasteiger partial charge in [-0.1, -0.05) is 31.4 Å². The third-order valence-electron chi connectivity index (χ3n) is 2.88. The molecule has 2 heteroatoms. The summed E-state index contributed by atoms with van der Waals surface area (Å²) >= 11 is 0. The lowest BCUT2D eigenvalue weighted by Gasteiger charge is -2.17. The van der Waals surface area contributed by atoms with Gasteiger partial charge in [0.15, 0.2) is 0 Å². The Bertz CT molecular complexity index is 340. The molecule has 15 heavy (non-hydrogen) atoms. The molecule has 0 aromatic heterocycles. The Hall–Kier alpha value is -1.31. The highest BCUT2D eigenvalue weighted by molar-refractivity contribution is 5.80. The Morgan fingerprint density at radius 2 is 2.00 bits per heavy atom. The average molecular weight is 203 g/mol. The summed E-state index contributed by atoms with van der Waals surface area (Å²) in [6.45, 7) is 0. The van der Waals surface area contributed by atoms with Crippen molar-refractivity contribution in [1.82, 2.24) is 0 Å². The van der Waals surface area contributed by atoms with E-state index in [4.69, 9.17) is 0 Å². The van der Waals surface area contributed by atoms with Crippen molar-refractivity contribution in [2.45, 2.75) is 38.1 Å². The van der Waals surface area contributed by atoms with Crippen LogP contribution >= 0.6 is 0 Å². The molecule has 2 nitrogen and oxygen atoms in total. The molecule has 1 aromatic carbocycles. The van der Waals surface area contributed by atoms with Gasteiger partial charge in [0.2, 0.25) is 0 Å². The van der Waals surface area contributed by atoms with Crippen molar-refractivity contribution in [2.24, 2.45) is 4.99 Å². The third kappa shape index (κ3) is 3.08. The molecule has 1 N–H and O–H groups in total. The van der Waals surface area contributed by atoms with Gasteiger partial charge in [0.25, 0.3) is 0 Å². The smallest absolute Gasteiger partial charge is 0.116 e. The molecule has 1 aromatic rings. The van der Waals surface area contributed by atoms with Crippen molar-refractivity contribution in [1.29, 1.82) is 0 Å². The molecule has 0 spiro atoms. The highest BCUT2D eigenvalue weighted by atomic mass is 16.3. The van der Waals surface area contributed by atoms with Gasteiger partial charge in [0.05, 0.1) is 0 Å². The van der Waals surface area contributed by atoms with Gasteiger partial charge in [-0.05, 0) is 30.5 Å². The number of aliphatic imine (C=N–C) groups is 1. The first kappa shape index (κ1) is 10.2. The molecule has 1 saturated carbocycles. The van der Waals surface area contributed by atoms with Gasteiger partial charge >= 0.3 is 0 Å². The van der Waals surface area contributed by atoms with Crippen LogP contribution in [0.1, 0.15) is 37.7 Å². The molecule has 0 aliphatic heterocycles. The van der Waals surface area contributed by atoms with E-state index in [0.29, 0.717) is 11.8 Å². The van der Waals surface area contributed by atoms with Crippen molar-refractivity contribution in [3.05, 3.63) is 29.8 Å². The topological polar surface area (TPSA) is 32.6 Å². The lowest BCUT2D eigenvalue weighted by atomic mass is 9.96. The van der Waals surface area contributed by atoms with Crippen LogP contribution in [0.15, 0.2) is 29.3 Å². The van der Waals surface area contributed by atoms with Crippen LogP contribution < -0.4 is 0 Å². The summed E-state index contributed by atoms with van der Waals surface area (Å²) in [6, 6.07) is 7.73. The fraction of sp³-hybridized carbons (Fsp3) is 0.462. The first-order valence-corrected chi connectivity index (χ1v) is 5.67. The second-order valence-electron chi connectivity index (χ2n) is 4.16. The normalized spacial score (nSPS) is 18.4. The van der Waals surface area contributed by atoms with E-state index < -0.39 is 0 Å². The van der Waals surface area contributed by atoms with E-state index in [2.05, 4.69) is 4.99 Å². The van der Waals surface area contributed by atoms with Crippen LogP contribution in [-0.4, -0.2) is 17.4 Å². The minimum atomic E-state index is 0.308. The van der Waals surface area contributed by atoms with Crippen molar-refractivity contribution in [3.63, 3.8) is 0 Å². The van der Waals surface area contributed by atoms with Crippen molar-refractivity contribution in [3.8, 4) is 5.75 Å². The first-order valence-electron chi connectivity index (χ1n) is 5.67. The maximum atomic E-state index is 9.29.